The summed E-state index contributed by atoms with van der Waals surface area (Å²) in [6.07, 6.45) is 0. The van der Waals surface area contributed by atoms with Crippen molar-refractivity contribution in [3.05, 3.63) is 9.81 Å². The van der Waals surface area contributed by atoms with Crippen LogP contribution < -0.4 is 0 Å². The number of thioether (sulfide) groups is 2. The molecule has 0 spiro atoms. The normalized spacial score (nSPS) is 15.0. The average Bonchev–Trinajstić information content (AvgIpc) is 1.94. The number of hydrogen-bond acceptors (Lipinski definition) is 5. The van der Waals surface area contributed by atoms with Crippen LogP contribution in [0, 0.1) is 0 Å². The van der Waals surface area contributed by atoms with E-state index in [1.54, 1.807) is 0 Å². The van der Waals surface area contributed by atoms with Crippen molar-refractivity contribution in [2.75, 3.05) is 12.2 Å². The summed E-state index contributed by atoms with van der Waals surface area (Å²) in [7, 11) is 1.28. The molecule has 0 unspecified atom stereocenters. The third kappa shape index (κ3) is 1.84. The molecule has 0 aliphatic carbocycles. The molecule has 1 fully saturated rings. The maximum Gasteiger partial charge on any atom is 0.343 e. The first-order valence-electron chi connectivity index (χ1n) is 3.26. The molecule has 1 rings (SSSR count). The lowest BCUT2D eigenvalue weighted by molar-refractivity contribution is -0.137. The van der Waals surface area contributed by atoms with Gasteiger partial charge in [0.15, 0.2) is 5.78 Å². The Kier molecular flexibility index (Phi) is 3.22. The van der Waals surface area contributed by atoms with Crippen molar-refractivity contribution in [3.63, 3.8) is 0 Å². The van der Waals surface area contributed by atoms with Crippen molar-refractivity contribution >= 4 is 35.3 Å². The molecule has 66 valence electrons. The van der Waals surface area contributed by atoms with Crippen molar-refractivity contribution in [1.82, 2.24) is 0 Å². The zero-order chi connectivity index (χ0) is 9.14. The second-order valence-electron chi connectivity index (χ2n) is 2.12. The average molecular weight is 204 g/mol. The number of ether oxygens (including phenoxy) is 1. The molecule has 12 heavy (non-hydrogen) atoms. The lowest BCUT2D eigenvalue weighted by Crippen LogP contribution is -2.14. The van der Waals surface area contributed by atoms with Crippen LogP contribution in [0.2, 0.25) is 0 Å². The van der Waals surface area contributed by atoms with E-state index in [4.69, 9.17) is 0 Å². The fourth-order valence-electron chi connectivity index (χ4n) is 0.735. The molecular formula is C7H8O3S2. The molecule has 1 aliphatic rings. The Morgan fingerprint density at radius 2 is 2.00 bits per heavy atom. The van der Waals surface area contributed by atoms with Crippen molar-refractivity contribution in [1.29, 1.82) is 0 Å². The first-order chi connectivity index (χ1) is 5.66. The summed E-state index contributed by atoms with van der Waals surface area (Å²) in [5.41, 5.74) is 0.193. The Morgan fingerprint density at radius 3 is 2.25 bits per heavy atom. The molecular weight excluding hydrogens is 196 g/mol. The van der Waals surface area contributed by atoms with Gasteiger partial charge in [-0.25, -0.2) is 4.79 Å². The highest BCUT2D eigenvalue weighted by atomic mass is 32.3. The van der Waals surface area contributed by atoms with E-state index in [-0.39, 0.29) is 11.4 Å². The molecule has 1 aliphatic heterocycles. The van der Waals surface area contributed by atoms with Gasteiger partial charge in [-0.15, -0.1) is 23.5 Å². The minimum atomic E-state index is -0.530. The predicted octanol–water partition coefficient (Wildman–Crippen LogP) is 1.40. The van der Waals surface area contributed by atoms with E-state index in [1.165, 1.54) is 37.6 Å². The van der Waals surface area contributed by atoms with Crippen molar-refractivity contribution in [2.24, 2.45) is 0 Å². The Balaban J connectivity index is 2.88. The van der Waals surface area contributed by atoms with Crippen LogP contribution in [0.5, 0.6) is 0 Å². The summed E-state index contributed by atoms with van der Waals surface area (Å²) >= 11 is 3.01. The summed E-state index contributed by atoms with van der Waals surface area (Å²) in [6.45, 7) is 1.37. The molecule has 0 bridgehead atoms. The highest BCUT2D eigenvalue weighted by Gasteiger charge is 2.25. The molecule has 0 atom stereocenters. The Morgan fingerprint density at radius 1 is 1.42 bits per heavy atom. The molecule has 3 nitrogen and oxygen atoms in total. The van der Waals surface area contributed by atoms with Crippen molar-refractivity contribution in [3.8, 4) is 0 Å². The van der Waals surface area contributed by atoms with E-state index >= 15 is 0 Å². The van der Waals surface area contributed by atoms with Crippen LogP contribution in [0.25, 0.3) is 0 Å². The van der Waals surface area contributed by atoms with Gasteiger partial charge in [-0.1, -0.05) is 0 Å². The second kappa shape index (κ2) is 4.00. The fourth-order valence-corrected chi connectivity index (χ4v) is 2.42. The summed E-state index contributed by atoms with van der Waals surface area (Å²) in [5.74, 6) is -0.756. The number of Topliss-reactive ketones (excluding diaryl/α,β-unsaturated/α-hetero) is 1. The van der Waals surface area contributed by atoms with Gasteiger partial charge in [-0.05, 0) is 6.92 Å². The minimum Gasteiger partial charge on any atom is -0.465 e. The molecule has 5 heteroatoms. The molecule has 0 radical (unpaired) electrons. The van der Waals surface area contributed by atoms with E-state index in [1.807, 2.05) is 0 Å². The zero-order valence-electron chi connectivity index (χ0n) is 6.75. The Labute approximate surface area is 78.9 Å². The van der Waals surface area contributed by atoms with Crippen LogP contribution >= 0.6 is 23.5 Å². The standard InChI is InChI=1S/C7H8O3S2/c1-4(8)5(6(9)10-2)7-11-3-12-7/h3H2,1-2H3. The van der Waals surface area contributed by atoms with Gasteiger partial charge in [0, 0.05) is 5.08 Å². The third-order valence-corrected chi connectivity index (χ3v) is 3.91. The van der Waals surface area contributed by atoms with Gasteiger partial charge in [0.1, 0.15) is 5.57 Å². The van der Waals surface area contributed by atoms with Gasteiger partial charge in [-0.3, -0.25) is 4.79 Å². The van der Waals surface area contributed by atoms with E-state index in [0.717, 1.165) is 9.32 Å². The zero-order valence-corrected chi connectivity index (χ0v) is 8.38. The number of rotatable bonds is 2. The first kappa shape index (κ1) is 9.67. The van der Waals surface area contributed by atoms with Gasteiger partial charge in [0.2, 0.25) is 0 Å². The van der Waals surface area contributed by atoms with Crippen molar-refractivity contribution in [2.45, 2.75) is 6.92 Å². The number of esters is 1. The van der Waals surface area contributed by atoms with Gasteiger partial charge in [0.05, 0.1) is 11.3 Å². The summed E-state index contributed by atoms with van der Waals surface area (Å²) in [5, 5.41) is 0.906. The number of hydrogen-bond donors (Lipinski definition) is 0. The van der Waals surface area contributed by atoms with Crippen LogP contribution in [-0.2, 0) is 14.3 Å². The van der Waals surface area contributed by atoms with Crippen LogP contribution in [0.4, 0.5) is 0 Å². The summed E-state index contributed by atoms with van der Waals surface area (Å²) in [4.78, 5) is 22.1. The number of carbonyl (C=O) groups excluding carboxylic acids is 2. The molecule has 0 aromatic heterocycles. The van der Waals surface area contributed by atoms with E-state index in [2.05, 4.69) is 4.74 Å². The van der Waals surface area contributed by atoms with Crippen LogP contribution in [0.3, 0.4) is 0 Å². The molecule has 0 N–H and O–H groups in total. The van der Waals surface area contributed by atoms with Crippen LogP contribution in [0.1, 0.15) is 6.92 Å². The van der Waals surface area contributed by atoms with E-state index in [0.29, 0.717) is 0 Å². The smallest absolute Gasteiger partial charge is 0.343 e. The number of ketones is 1. The molecule has 0 aromatic carbocycles. The van der Waals surface area contributed by atoms with Crippen LogP contribution in [0.15, 0.2) is 9.81 Å². The maximum absolute atomic E-state index is 11.1. The predicted molar refractivity (Wildman–Crippen MR) is 49.8 cm³/mol. The van der Waals surface area contributed by atoms with Gasteiger partial charge < -0.3 is 4.74 Å². The second-order valence-corrected chi connectivity index (χ2v) is 4.71. The number of methoxy groups -OCH3 is 1. The summed E-state index contributed by atoms with van der Waals surface area (Å²) in [6, 6.07) is 0. The summed E-state index contributed by atoms with van der Waals surface area (Å²) < 4.78 is 5.27. The highest BCUT2D eigenvalue weighted by Crippen LogP contribution is 2.45. The van der Waals surface area contributed by atoms with Gasteiger partial charge in [-0.2, -0.15) is 0 Å². The van der Waals surface area contributed by atoms with Crippen molar-refractivity contribution < 1.29 is 14.3 Å². The highest BCUT2D eigenvalue weighted by molar-refractivity contribution is 8.37. The van der Waals surface area contributed by atoms with E-state index in [9.17, 15) is 9.59 Å². The molecule has 0 saturated carbocycles. The molecule has 1 heterocycles. The Hall–Kier alpha value is -0.420. The quantitative estimate of drug-likeness (QED) is 0.294. The molecule has 0 aromatic rings. The third-order valence-electron chi connectivity index (χ3n) is 1.33. The SMILES string of the molecule is COC(=O)C(C(C)=O)=C1SCS1. The monoisotopic (exact) mass is 204 g/mol. The first-order valence-corrected chi connectivity index (χ1v) is 5.23. The lowest BCUT2D eigenvalue weighted by atomic mass is 10.2. The largest absolute Gasteiger partial charge is 0.465 e. The lowest BCUT2D eigenvalue weighted by Gasteiger charge is -2.17. The van der Waals surface area contributed by atoms with E-state index < -0.39 is 5.97 Å². The minimum absolute atomic E-state index is 0.193. The van der Waals surface area contributed by atoms with Gasteiger partial charge >= 0.3 is 5.97 Å². The topological polar surface area (TPSA) is 43.4 Å². The fraction of sp³-hybridized carbons (Fsp3) is 0.429. The Bertz CT molecular complexity index is 251. The molecule has 0 amide bonds. The molecule has 1 saturated heterocycles. The van der Waals surface area contributed by atoms with Gasteiger partial charge in [0.25, 0.3) is 0 Å². The van der Waals surface area contributed by atoms with Crippen LogP contribution in [-0.4, -0.2) is 23.9 Å². The number of carbonyl (C=O) groups is 2. The maximum atomic E-state index is 11.1.